The Morgan fingerprint density at radius 3 is 2.22 bits per heavy atom. The van der Waals surface area contributed by atoms with Gasteiger partial charge in [-0.15, -0.1) is 0 Å². The summed E-state index contributed by atoms with van der Waals surface area (Å²) >= 11 is 0. The van der Waals surface area contributed by atoms with Crippen molar-refractivity contribution in [1.82, 2.24) is 15.1 Å². The number of benzene rings is 1. The third-order valence-electron chi connectivity index (χ3n) is 4.54. The molecule has 0 bridgehead atoms. The van der Waals surface area contributed by atoms with Crippen LogP contribution >= 0.6 is 0 Å². The summed E-state index contributed by atoms with van der Waals surface area (Å²) in [5, 5.41) is 2.81. The van der Waals surface area contributed by atoms with E-state index in [1.807, 2.05) is 19.1 Å². The van der Waals surface area contributed by atoms with Gasteiger partial charge in [0.15, 0.2) is 0 Å². The highest BCUT2D eigenvalue weighted by Crippen LogP contribution is 2.14. The predicted octanol–water partition coefficient (Wildman–Crippen LogP) is 1.59. The molecule has 1 heterocycles. The Morgan fingerprint density at radius 1 is 1.09 bits per heavy atom. The van der Waals surface area contributed by atoms with Crippen LogP contribution in [0.2, 0.25) is 0 Å². The van der Waals surface area contributed by atoms with Crippen LogP contribution < -0.4 is 5.32 Å². The van der Waals surface area contributed by atoms with Crippen molar-refractivity contribution in [2.75, 3.05) is 32.7 Å². The van der Waals surface area contributed by atoms with Crippen molar-refractivity contribution in [3.8, 4) is 0 Å². The summed E-state index contributed by atoms with van der Waals surface area (Å²) in [5.74, 6) is -0.931. The number of amides is 2. The standard InChI is InChI=1S/C18H27N3O2/c1-4-15-6-8-16(9-7-15)14(3)19-17(22)18(23)21-12-10-20(5-2)11-13-21/h6-9,14H,4-5,10-13H2,1-3H3,(H,19,22). The van der Waals surface area contributed by atoms with Crippen molar-refractivity contribution in [2.45, 2.75) is 33.2 Å². The van der Waals surface area contributed by atoms with Crippen LogP contribution in [0.5, 0.6) is 0 Å². The number of rotatable bonds is 4. The van der Waals surface area contributed by atoms with E-state index in [4.69, 9.17) is 0 Å². The first-order valence-corrected chi connectivity index (χ1v) is 8.46. The first-order chi connectivity index (χ1) is 11.0. The van der Waals surface area contributed by atoms with Gasteiger partial charge < -0.3 is 15.1 Å². The van der Waals surface area contributed by atoms with E-state index in [2.05, 4.69) is 36.2 Å². The van der Waals surface area contributed by atoms with Gasteiger partial charge in [0.25, 0.3) is 0 Å². The Bertz CT molecular complexity index is 534. The number of likely N-dealkylation sites (N-methyl/N-ethyl adjacent to an activating group) is 1. The van der Waals surface area contributed by atoms with Crippen molar-refractivity contribution in [2.24, 2.45) is 0 Å². The minimum Gasteiger partial charge on any atom is -0.341 e. The van der Waals surface area contributed by atoms with Gasteiger partial charge in [-0.05, 0) is 31.0 Å². The van der Waals surface area contributed by atoms with Crippen LogP contribution in [0, 0.1) is 0 Å². The summed E-state index contributed by atoms with van der Waals surface area (Å²) in [6.45, 7) is 10.0. The second kappa shape index (κ2) is 8.11. The number of piperazine rings is 1. The fraction of sp³-hybridized carbons (Fsp3) is 0.556. The molecule has 1 aliphatic rings. The number of nitrogens with zero attached hydrogens (tertiary/aromatic N) is 2. The molecule has 1 N–H and O–H groups in total. The smallest absolute Gasteiger partial charge is 0.311 e. The van der Waals surface area contributed by atoms with Crippen LogP contribution in [-0.2, 0) is 16.0 Å². The van der Waals surface area contributed by atoms with E-state index in [0.717, 1.165) is 31.6 Å². The highest BCUT2D eigenvalue weighted by molar-refractivity contribution is 6.35. The van der Waals surface area contributed by atoms with Crippen molar-refractivity contribution in [3.05, 3.63) is 35.4 Å². The van der Waals surface area contributed by atoms with Gasteiger partial charge in [-0.25, -0.2) is 0 Å². The Labute approximate surface area is 138 Å². The molecule has 1 fully saturated rings. The van der Waals surface area contributed by atoms with Gasteiger partial charge in [-0.2, -0.15) is 0 Å². The van der Waals surface area contributed by atoms with E-state index in [-0.39, 0.29) is 6.04 Å². The highest BCUT2D eigenvalue weighted by atomic mass is 16.2. The Hall–Kier alpha value is -1.88. The molecule has 1 aromatic carbocycles. The molecule has 1 aromatic rings. The molecule has 1 unspecified atom stereocenters. The fourth-order valence-corrected chi connectivity index (χ4v) is 2.79. The largest absolute Gasteiger partial charge is 0.341 e. The molecule has 126 valence electrons. The highest BCUT2D eigenvalue weighted by Gasteiger charge is 2.26. The van der Waals surface area contributed by atoms with Crippen molar-refractivity contribution < 1.29 is 9.59 Å². The van der Waals surface area contributed by atoms with E-state index in [9.17, 15) is 9.59 Å². The second-order valence-electron chi connectivity index (χ2n) is 6.02. The molecule has 2 amide bonds. The first-order valence-electron chi connectivity index (χ1n) is 8.46. The van der Waals surface area contributed by atoms with Crippen LogP contribution in [0.3, 0.4) is 0 Å². The quantitative estimate of drug-likeness (QED) is 0.858. The predicted molar refractivity (Wildman–Crippen MR) is 91.1 cm³/mol. The summed E-state index contributed by atoms with van der Waals surface area (Å²) in [6.07, 6.45) is 0.989. The first kappa shape index (κ1) is 17.5. The van der Waals surface area contributed by atoms with E-state index >= 15 is 0 Å². The number of nitrogens with one attached hydrogen (secondary N) is 1. The number of hydrogen-bond donors (Lipinski definition) is 1. The molecule has 1 aliphatic heterocycles. The van der Waals surface area contributed by atoms with Gasteiger partial charge in [-0.1, -0.05) is 38.1 Å². The SMILES string of the molecule is CCc1ccc(C(C)NC(=O)C(=O)N2CCN(CC)CC2)cc1. The summed E-state index contributed by atoms with van der Waals surface area (Å²) in [5.41, 5.74) is 2.27. The van der Waals surface area contributed by atoms with Gasteiger partial charge >= 0.3 is 11.8 Å². The van der Waals surface area contributed by atoms with Gasteiger partial charge in [0.05, 0.1) is 6.04 Å². The molecule has 0 aromatic heterocycles. The normalized spacial score (nSPS) is 16.9. The number of carbonyl (C=O) groups excluding carboxylic acids is 2. The summed E-state index contributed by atoms with van der Waals surface area (Å²) < 4.78 is 0. The minimum atomic E-state index is -0.512. The molecule has 0 spiro atoms. The molecule has 1 atom stereocenters. The third kappa shape index (κ3) is 4.55. The van der Waals surface area contributed by atoms with Crippen LogP contribution in [0.15, 0.2) is 24.3 Å². The average Bonchev–Trinajstić information content (AvgIpc) is 2.61. The zero-order valence-corrected chi connectivity index (χ0v) is 14.3. The number of aryl methyl sites for hydroxylation is 1. The molecule has 0 aliphatic carbocycles. The van der Waals surface area contributed by atoms with Crippen molar-refractivity contribution >= 4 is 11.8 Å². The van der Waals surface area contributed by atoms with Crippen LogP contribution in [0.1, 0.15) is 37.9 Å². The zero-order chi connectivity index (χ0) is 16.8. The third-order valence-corrected chi connectivity index (χ3v) is 4.54. The topological polar surface area (TPSA) is 52.7 Å². The molecule has 0 radical (unpaired) electrons. The minimum absolute atomic E-state index is 0.172. The van der Waals surface area contributed by atoms with E-state index in [1.165, 1.54) is 5.56 Å². The number of carbonyl (C=O) groups is 2. The zero-order valence-electron chi connectivity index (χ0n) is 14.3. The molecule has 0 saturated carbocycles. The Kier molecular flexibility index (Phi) is 6.16. The summed E-state index contributed by atoms with van der Waals surface area (Å²) in [7, 11) is 0. The summed E-state index contributed by atoms with van der Waals surface area (Å²) in [4.78, 5) is 28.4. The van der Waals surface area contributed by atoms with Gasteiger partial charge in [-0.3, -0.25) is 9.59 Å². The van der Waals surface area contributed by atoms with E-state index in [0.29, 0.717) is 13.1 Å². The van der Waals surface area contributed by atoms with Gasteiger partial charge in [0.1, 0.15) is 0 Å². The van der Waals surface area contributed by atoms with Crippen molar-refractivity contribution in [3.63, 3.8) is 0 Å². The lowest BCUT2D eigenvalue weighted by Gasteiger charge is -2.33. The average molecular weight is 317 g/mol. The summed E-state index contributed by atoms with van der Waals surface area (Å²) in [6, 6.07) is 7.96. The maximum absolute atomic E-state index is 12.3. The maximum Gasteiger partial charge on any atom is 0.311 e. The van der Waals surface area contributed by atoms with E-state index < -0.39 is 11.8 Å². The lowest BCUT2D eigenvalue weighted by molar-refractivity contribution is -0.147. The monoisotopic (exact) mass is 317 g/mol. The van der Waals surface area contributed by atoms with E-state index in [1.54, 1.807) is 4.90 Å². The Morgan fingerprint density at radius 2 is 1.70 bits per heavy atom. The second-order valence-corrected chi connectivity index (χ2v) is 6.02. The van der Waals surface area contributed by atoms with Gasteiger partial charge in [0, 0.05) is 26.2 Å². The molecule has 5 heteroatoms. The number of hydrogen-bond acceptors (Lipinski definition) is 3. The lowest BCUT2D eigenvalue weighted by Crippen LogP contribution is -2.52. The van der Waals surface area contributed by atoms with Crippen molar-refractivity contribution in [1.29, 1.82) is 0 Å². The van der Waals surface area contributed by atoms with Crippen LogP contribution in [0.4, 0.5) is 0 Å². The molecule has 2 rings (SSSR count). The molecule has 1 saturated heterocycles. The maximum atomic E-state index is 12.3. The molecular formula is C18H27N3O2. The lowest BCUT2D eigenvalue weighted by atomic mass is 10.0. The Balaban J connectivity index is 1.88. The fourth-order valence-electron chi connectivity index (χ4n) is 2.79. The molecular weight excluding hydrogens is 290 g/mol. The molecule has 5 nitrogen and oxygen atoms in total. The van der Waals surface area contributed by atoms with Crippen LogP contribution in [0.25, 0.3) is 0 Å². The molecule has 23 heavy (non-hydrogen) atoms. The van der Waals surface area contributed by atoms with Gasteiger partial charge in [0.2, 0.25) is 0 Å². The van der Waals surface area contributed by atoms with Crippen LogP contribution in [-0.4, -0.2) is 54.3 Å².